The van der Waals surface area contributed by atoms with E-state index in [1.165, 1.54) is 6.07 Å². The molecule has 0 spiro atoms. The molecule has 2 heterocycles. The highest BCUT2D eigenvalue weighted by Crippen LogP contribution is 2.42. The van der Waals surface area contributed by atoms with E-state index < -0.39 is 11.7 Å². The molecular weight excluding hydrogens is 255 g/mol. The SMILES string of the molecule is FC(F)(F)c1ccc2c(c1)C(C1CCOC1)CCN2. The van der Waals surface area contributed by atoms with E-state index in [9.17, 15) is 13.2 Å². The number of halogens is 3. The largest absolute Gasteiger partial charge is 0.416 e. The maximum Gasteiger partial charge on any atom is 0.416 e. The van der Waals surface area contributed by atoms with Gasteiger partial charge in [0.2, 0.25) is 0 Å². The normalized spacial score (nSPS) is 26.9. The number of hydrogen-bond acceptors (Lipinski definition) is 2. The zero-order valence-corrected chi connectivity index (χ0v) is 10.5. The van der Waals surface area contributed by atoms with Crippen molar-refractivity contribution in [1.29, 1.82) is 0 Å². The van der Waals surface area contributed by atoms with Crippen molar-refractivity contribution in [2.75, 3.05) is 25.1 Å². The maximum atomic E-state index is 12.8. The van der Waals surface area contributed by atoms with Crippen molar-refractivity contribution in [2.45, 2.75) is 24.9 Å². The summed E-state index contributed by atoms with van der Waals surface area (Å²) in [4.78, 5) is 0. The molecule has 0 amide bonds. The highest BCUT2D eigenvalue weighted by atomic mass is 19.4. The molecule has 1 N–H and O–H groups in total. The van der Waals surface area contributed by atoms with Crippen LogP contribution in [0.2, 0.25) is 0 Å². The highest BCUT2D eigenvalue weighted by Gasteiger charge is 2.35. The van der Waals surface area contributed by atoms with Crippen molar-refractivity contribution in [1.82, 2.24) is 0 Å². The summed E-state index contributed by atoms with van der Waals surface area (Å²) in [6, 6.07) is 4.02. The second-order valence-corrected chi connectivity index (χ2v) is 5.25. The van der Waals surface area contributed by atoms with Gasteiger partial charge in [-0.1, -0.05) is 0 Å². The molecule has 0 saturated carbocycles. The molecule has 0 radical (unpaired) electrons. The summed E-state index contributed by atoms with van der Waals surface area (Å²) in [6.45, 7) is 2.21. The summed E-state index contributed by atoms with van der Waals surface area (Å²) >= 11 is 0. The molecule has 2 atom stereocenters. The van der Waals surface area contributed by atoms with Gasteiger partial charge in [-0.3, -0.25) is 0 Å². The number of hydrogen-bond donors (Lipinski definition) is 1. The first kappa shape index (κ1) is 12.8. The highest BCUT2D eigenvalue weighted by molar-refractivity contribution is 5.56. The minimum Gasteiger partial charge on any atom is -0.385 e. The molecule has 2 unspecified atom stereocenters. The van der Waals surface area contributed by atoms with E-state index in [4.69, 9.17) is 4.74 Å². The Kier molecular flexibility index (Phi) is 3.17. The minimum atomic E-state index is -4.27. The molecule has 0 aromatic heterocycles. The summed E-state index contributed by atoms with van der Waals surface area (Å²) in [5, 5.41) is 3.19. The van der Waals surface area contributed by atoms with Crippen molar-refractivity contribution in [2.24, 2.45) is 5.92 Å². The van der Waals surface area contributed by atoms with E-state index >= 15 is 0 Å². The van der Waals surface area contributed by atoms with Crippen LogP contribution in [0.1, 0.15) is 29.9 Å². The molecule has 2 aliphatic rings. The van der Waals surface area contributed by atoms with Crippen LogP contribution in [-0.2, 0) is 10.9 Å². The van der Waals surface area contributed by atoms with Crippen LogP contribution in [0.25, 0.3) is 0 Å². The second-order valence-electron chi connectivity index (χ2n) is 5.25. The van der Waals surface area contributed by atoms with Crippen LogP contribution in [0, 0.1) is 5.92 Å². The van der Waals surface area contributed by atoms with Gasteiger partial charge >= 0.3 is 6.18 Å². The van der Waals surface area contributed by atoms with Gasteiger partial charge in [0.1, 0.15) is 0 Å². The van der Waals surface area contributed by atoms with Crippen LogP contribution in [0.4, 0.5) is 18.9 Å². The molecule has 1 fully saturated rings. The Morgan fingerprint density at radius 2 is 2.05 bits per heavy atom. The quantitative estimate of drug-likeness (QED) is 0.842. The summed E-state index contributed by atoms with van der Waals surface area (Å²) in [7, 11) is 0. The fourth-order valence-electron chi connectivity index (χ4n) is 3.08. The Hall–Kier alpha value is -1.23. The minimum absolute atomic E-state index is 0.182. The number of fused-ring (bicyclic) bond motifs is 1. The van der Waals surface area contributed by atoms with Gasteiger partial charge in [-0.2, -0.15) is 13.2 Å². The fourth-order valence-corrected chi connectivity index (χ4v) is 3.08. The predicted octanol–water partition coefficient (Wildman–Crippen LogP) is 3.64. The zero-order chi connectivity index (χ0) is 13.5. The average molecular weight is 271 g/mol. The van der Waals surface area contributed by atoms with Crippen molar-refractivity contribution in [3.05, 3.63) is 29.3 Å². The first-order valence-electron chi connectivity index (χ1n) is 6.58. The summed E-state index contributed by atoms with van der Waals surface area (Å²) in [5.74, 6) is 0.533. The summed E-state index contributed by atoms with van der Waals surface area (Å²) < 4.78 is 43.8. The molecule has 5 heteroatoms. The van der Waals surface area contributed by atoms with Gasteiger partial charge in [-0.25, -0.2) is 0 Å². The number of nitrogens with one attached hydrogen (secondary N) is 1. The summed E-state index contributed by atoms with van der Waals surface area (Å²) in [5.41, 5.74) is 1.09. The Bertz CT molecular complexity index is 466. The van der Waals surface area contributed by atoms with Crippen LogP contribution in [0.3, 0.4) is 0 Å². The van der Waals surface area contributed by atoms with Crippen LogP contribution in [-0.4, -0.2) is 19.8 Å². The lowest BCUT2D eigenvalue weighted by Gasteiger charge is -2.31. The Balaban J connectivity index is 1.97. The number of ether oxygens (including phenoxy) is 1. The molecular formula is C14H16F3NO. The van der Waals surface area contributed by atoms with E-state index in [1.54, 1.807) is 6.07 Å². The average Bonchev–Trinajstić information content (AvgIpc) is 2.90. The van der Waals surface area contributed by atoms with E-state index in [1.807, 2.05) is 0 Å². The Morgan fingerprint density at radius 3 is 2.74 bits per heavy atom. The number of benzene rings is 1. The third-order valence-corrected chi connectivity index (χ3v) is 4.08. The third-order valence-electron chi connectivity index (χ3n) is 4.08. The van der Waals surface area contributed by atoms with Crippen molar-refractivity contribution >= 4 is 5.69 Å². The predicted molar refractivity (Wildman–Crippen MR) is 66.2 cm³/mol. The monoisotopic (exact) mass is 271 g/mol. The van der Waals surface area contributed by atoms with Crippen LogP contribution in [0.15, 0.2) is 18.2 Å². The first-order chi connectivity index (χ1) is 9.05. The molecule has 104 valence electrons. The first-order valence-corrected chi connectivity index (χ1v) is 6.58. The van der Waals surface area contributed by atoms with Gasteiger partial charge in [-0.05, 0) is 48.4 Å². The molecule has 0 aliphatic carbocycles. The van der Waals surface area contributed by atoms with Crippen LogP contribution < -0.4 is 5.32 Å². The molecule has 2 aliphatic heterocycles. The van der Waals surface area contributed by atoms with Gasteiger partial charge in [0.15, 0.2) is 0 Å². The molecule has 1 saturated heterocycles. The lowest BCUT2D eigenvalue weighted by molar-refractivity contribution is -0.137. The summed E-state index contributed by atoms with van der Waals surface area (Å²) in [6.07, 6.45) is -2.45. The standard InChI is InChI=1S/C14H16F3NO/c15-14(16,17)10-1-2-13-12(7-10)11(3-5-18-13)9-4-6-19-8-9/h1-2,7,9,11,18H,3-6,8H2. The maximum absolute atomic E-state index is 12.8. The van der Waals surface area contributed by atoms with E-state index in [0.29, 0.717) is 12.5 Å². The van der Waals surface area contributed by atoms with Crippen LogP contribution in [0.5, 0.6) is 0 Å². The van der Waals surface area contributed by atoms with Crippen molar-refractivity contribution in [3.8, 4) is 0 Å². The number of anilines is 1. The lowest BCUT2D eigenvalue weighted by atomic mass is 9.80. The van der Waals surface area contributed by atoms with E-state index in [0.717, 1.165) is 43.3 Å². The van der Waals surface area contributed by atoms with Crippen molar-refractivity contribution in [3.63, 3.8) is 0 Å². The zero-order valence-electron chi connectivity index (χ0n) is 10.5. The van der Waals surface area contributed by atoms with E-state index in [-0.39, 0.29) is 5.92 Å². The lowest BCUT2D eigenvalue weighted by Crippen LogP contribution is -2.24. The van der Waals surface area contributed by atoms with Gasteiger partial charge < -0.3 is 10.1 Å². The Morgan fingerprint density at radius 1 is 1.21 bits per heavy atom. The molecule has 2 nitrogen and oxygen atoms in total. The molecule has 0 bridgehead atoms. The second kappa shape index (κ2) is 4.71. The number of alkyl halides is 3. The fraction of sp³-hybridized carbons (Fsp3) is 0.571. The molecule has 19 heavy (non-hydrogen) atoms. The van der Waals surface area contributed by atoms with Gasteiger partial charge in [0.05, 0.1) is 12.2 Å². The molecule has 1 aromatic carbocycles. The van der Waals surface area contributed by atoms with Crippen LogP contribution >= 0.6 is 0 Å². The Labute approximate surface area is 109 Å². The number of rotatable bonds is 1. The van der Waals surface area contributed by atoms with Gasteiger partial charge in [0, 0.05) is 18.8 Å². The molecule has 1 aromatic rings. The molecule has 3 rings (SSSR count). The van der Waals surface area contributed by atoms with Crippen molar-refractivity contribution < 1.29 is 17.9 Å². The van der Waals surface area contributed by atoms with Gasteiger partial charge in [0.25, 0.3) is 0 Å². The topological polar surface area (TPSA) is 21.3 Å². The van der Waals surface area contributed by atoms with Gasteiger partial charge in [-0.15, -0.1) is 0 Å². The van der Waals surface area contributed by atoms with E-state index in [2.05, 4.69) is 5.32 Å². The smallest absolute Gasteiger partial charge is 0.385 e. The third kappa shape index (κ3) is 2.43.